The maximum atomic E-state index is 12.7. The van der Waals surface area contributed by atoms with Crippen LogP contribution in [0, 0.1) is 0 Å². The molecule has 3 rings (SSSR count). The minimum absolute atomic E-state index is 0.0974. The topological polar surface area (TPSA) is 79.0 Å². The molecular formula is C21H29N3O4S2. The third kappa shape index (κ3) is 5.28. The molecule has 1 aliphatic heterocycles. The van der Waals surface area contributed by atoms with Crippen LogP contribution in [-0.4, -0.2) is 69.5 Å². The second-order valence-corrected chi connectivity index (χ2v) is 9.92. The lowest BCUT2D eigenvalue weighted by Gasteiger charge is -2.34. The van der Waals surface area contributed by atoms with Crippen molar-refractivity contribution in [2.24, 2.45) is 0 Å². The first-order chi connectivity index (χ1) is 14.5. The van der Waals surface area contributed by atoms with Crippen LogP contribution in [0.15, 0.2) is 46.7 Å². The quantitative estimate of drug-likeness (QED) is 0.634. The van der Waals surface area contributed by atoms with Gasteiger partial charge in [0.25, 0.3) is 5.91 Å². The first-order valence-electron chi connectivity index (χ1n) is 10.2. The summed E-state index contributed by atoms with van der Waals surface area (Å²) >= 11 is 1.68. The standard InChI is InChI=1S/C21H29N3O4S2/c1-3-24(4-2)30(26,27)18-9-7-17(8-10-18)21(25)22-16-19(20-6-5-15-29-20)23-11-13-28-14-12-23/h5-10,15,19H,3-4,11-14,16H2,1-2H3,(H,22,25)/t19-/m0/s1. The summed E-state index contributed by atoms with van der Waals surface area (Å²) in [6.45, 7) is 7.96. The Hall–Kier alpha value is -1.78. The number of amides is 1. The Kier molecular flexibility index (Phi) is 8.01. The van der Waals surface area contributed by atoms with E-state index in [9.17, 15) is 13.2 Å². The first kappa shape index (κ1) is 22.9. The third-order valence-corrected chi connectivity index (χ3v) is 8.31. The van der Waals surface area contributed by atoms with E-state index in [-0.39, 0.29) is 16.8 Å². The van der Waals surface area contributed by atoms with Crippen LogP contribution in [0.1, 0.15) is 35.1 Å². The summed E-state index contributed by atoms with van der Waals surface area (Å²) in [5.74, 6) is -0.211. The molecule has 1 aromatic heterocycles. The Morgan fingerprint density at radius 3 is 2.40 bits per heavy atom. The predicted molar refractivity (Wildman–Crippen MR) is 118 cm³/mol. The molecule has 2 heterocycles. The summed E-state index contributed by atoms with van der Waals surface area (Å²) in [6, 6.07) is 10.3. The Labute approximate surface area is 182 Å². The summed E-state index contributed by atoms with van der Waals surface area (Å²) in [4.78, 5) is 16.4. The number of carbonyl (C=O) groups is 1. The maximum Gasteiger partial charge on any atom is 0.251 e. The molecule has 1 atom stereocenters. The van der Waals surface area contributed by atoms with Crippen molar-refractivity contribution in [3.63, 3.8) is 0 Å². The summed E-state index contributed by atoms with van der Waals surface area (Å²) in [5, 5.41) is 5.05. The second-order valence-electron chi connectivity index (χ2n) is 7.00. The number of thiophene rings is 1. The highest BCUT2D eigenvalue weighted by atomic mass is 32.2. The molecule has 0 saturated carbocycles. The lowest BCUT2D eigenvalue weighted by molar-refractivity contribution is 0.0169. The molecule has 0 aliphatic carbocycles. The number of sulfonamides is 1. The number of carbonyl (C=O) groups excluding carboxylic acids is 1. The van der Waals surface area contributed by atoms with Gasteiger partial charge in [-0.05, 0) is 35.7 Å². The van der Waals surface area contributed by atoms with Gasteiger partial charge in [0.1, 0.15) is 0 Å². The van der Waals surface area contributed by atoms with E-state index in [0.29, 0.717) is 38.4 Å². The molecule has 9 heteroatoms. The molecule has 1 fully saturated rings. The molecule has 1 aliphatic rings. The zero-order valence-electron chi connectivity index (χ0n) is 17.4. The van der Waals surface area contributed by atoms with Crippen molar-refractivity contribution in [3.05, 3.63) is 52.2 Å². The monoisotopic (exact) mass is 451 g/mol. The van der Waals surface area contributed by atoms with Crippen molar-refractivity contribution in [1.82, 2.24) is 14.5 Å². The second kappa shape index (κ2) is 10.5. The first-order valence-corrected chi connectivity index (χ1v) is 12.5. The van der Waals surface area contributed by atoms with Gasteiger partial charge in [-0.25, -0.2) is 8.42 Å². The van der Waals surface area contributed by atoms with Crippen LogP contribution >= 0.6 is 11.3 Å². The Morgan fingerprint density at radius 2 is 1.83 bits per heavy atom. The highest BCUT2D eigenvalue weighted by Gasteiger charge is 2.25. The summed E-state index contributed by atoms with van der Waals surface area (Å²) in [5.41, 5.74) is 0.445. The van der Waals surface area contributed by atoms with Crippen molar-refractivity contribution >= 4 is 27.3 Å². The molecule has 0 radical (unpaired) electrons. The maximum absolute atomic E-state index is 12.7. The van der Waals surface area contributed by atoms with Gasteiger partial charge >= 0.3 is 0 Å². The van der Waals surface area contributed by atoms with Gasteiger partial charge < -0.3 is 10.1 Å². The van der Waals surface area contributed by atoms with Gasteiger partial charge in [-0.15, -0.1) is 11.3 Å². The number of hydrogen-bond acceptors (Lipinski definition) is 6. The van der Waals surface area contributed by atoms with Crippen molar-refractivity contribution in [3.8, 4) is 0 Å². The molecule has 0 unspecified atom stereocenters. The lowest BCUT2D eigenvalue weighted by Crippen LogP contribution is -2.43. The third-order valence-electron chi connectivity index (χ3n) is 5.27. The van der Waals surface area contributed by atoms with E-state index in [2.05, 4.69) is 16.3 Å². The number of nitrogens with one attached hydrogen (secondary N) is 1. The molecule has 0 spiro atoms. The van der Waals surface area contributed by atoms with E-state index >= 15 is 0 Å². The van der Waals surface area contributed by atoms with Gasteiger partial charge in [-0.1, -0.05) is 19.9 Å². The molecule has 2 aromatic rings. The fraction of sp³-hybridized carbons (Fsp3) is 0.476. The Morgan fingerprint density at radius 1 is 1.17 bits per heavy atom. The Bertz CT molecular complexity index is 904. The molecule has 1 N–H and O–H groups in total. The highest BCUT2D eigenvalue weighted by Crippen LogP contribution is 2.25. The zero-order valence-corrected chi connectivity index (χ0v) is 19.0. The van der Waals surface area contributed by atoms with Crippen LogP contribution in [0.2, 0.25) is 0 Å². The van der Waals surface area contributed by atoms with Crippen molar-refractivity contribution < 1.29 is 17.9 Å². The number of morpholine rings is 1. The number of hydrogen-bond donors (Lipinski definition) is 1. The fourth-order valence-electron chi connectivity index (χ4n) is 3.56. The zero-order chi connectivity index (χ0) is 21.6. The van der Waals surface area contributed by atoms with Gasteiger partial charge in [-0.2, -0.15) is 4.31 Å². The SMILES string of the molecule is CCN(CC)S(=O)(=O)c1ccc(C(=O)NC[C@@H](c2cccs2)N2CCOCC2)cc1. The van der Waals surface area contributed by atoms with E-state index in [0.717, 1.165) is 13.1 Å². The molecule has 1 aromatic carbocycles. The van der Waals surface area contributed by atoms with Crippen molar-refractivity contribution in [1.29, 1.82) is 0 Å². The van der Waals surface area contributed by atoms with Crippen molar-refractivity contribution in [2.75, 3.05) is 45.9 Å². The number of ether oxygens (including phenoxy) is 1. The minimum atomic E-state index is -3.53. The number of nitrogens with zero attached hydrogens (tertiary/aromatic N) is 2. The van der Waals surface area contributed by atoms with Gasteiger partial charge in [0.15, 0.2) is 0 Å². The predicted octanol–water partition coefficient (Wildman–Crippen LogP) is 2.58. The molecule has 30 heavy (non-hydrogen) atoms. The largest absolute Gasteiger partial charge is 0.379 e. The van der Waals surface area contributed by atoms with Crippen LogP contribution < -0.4 is 5.32 Å². The van der Waals surface area contributed by atoms with E-state index in [1.165, 1.54) is 21.3 Å². The lowest BCUT2D eigenvalue weighted by atomic mass is 10.1. The van der Waals surface area contributed by atoms with Crippen LogP contribution in [0.4, 0.5) is 0 Å². The summed E-state index contributed by atoms with van der Waals surface area (Å²) in [7, 11) is -3.53. The summed E-state index contributed by atoms with van der Waals surface area (Å²) < 4.78 is 32.1. The average molecular weight is 452 g/mol. The van der Waals surface area contributed by atoms with E-state index in [1.807, 2.05) is 11.4 Å². The summed E-state index contributed by atoms with van der Waals surface area (Å²) in [6.07, 6.45) is 0. The molecular weight excluding hydrogens is 422 g/mol. The molecule has 1 amide bonds. The van der Waals surface area contributed by atoms with Crippen molar-refractivity contribution in [2.45, 2.75) is 24.8 Å². The Balaban J connectivity index is 1.67. The number of benzene rings is 1. The van der Waals surface area contributed by atoms with Crippen LogP contribution in [0.25, 0.3) is 0 Å². The van der Waals surface area contributed by atoms with Crippen LogP contribution in [0.5, 0.6) is 0 Å². The van der Waals surface area contributed by atoms with Crippen LogP contribution in [-0.2, 0) is 14.8 Å². The van der Waals surface area contributed by atoms with E-state index < -0.39 is 10.0 Å². The van der Waals surface area contributed by atoms with Gasteiger partial charge in [0.2, 0.25) is 10.0 Å². The van der Waals surface area contributed by atoms with Crippen LogP contribution in [0.3, 0.4) is 0 Å². The average Bonchev–Trinajstić information content (AvgIpc) is 3.30. The minimum Gasteiger partial charge on any atom is -0.379 e. The van der Waals surface area contributed by atoms with E-state index in [4.69, 9.17) is 4.74 Å². The normalized spacial score (nSPS) is 16.5. The van der Waals surface area contributed by atoms with Gasteiger partial charge in [-0.3, -0.25) is 9.69 Å². The van der Waals surface area contributed by atoms with Gasteiger partial charge in [0, 0.05) is 43.2 Å². The molecule has 7 nitrogen and oxygen atoms in total. The van der Waals surface area contributed by atoms with Gasteiger partial charge in [0.05, 0.1) is 24.2 Å². The molecule has 0 bridgehead atoms. The highest BCUT2D eigenvalue weighted by molar-refractivity contribution is 7.89. The van der Waals surface area contributed by atoms with E-state index in [1.54, 1.807) is 37.3 Å². The molecule has 164 valence electrons. The smallest absolute Gasteiger partial charge is 0.251 e. The fourth-order valence-corrected chi connectivity index (χ4v) is 5.88. The number of rotatable bonds is 9. The molecule has 1 saturated heterocycles.